The number of benzene rings is 2. The first-order valence-corrected chi connectivity index (χ1v) is 7.74. The van der Waals surface area contributed by atoms with Crippen LogP contribution in [0.1, 0.15) is 24.9 Å². The summed E-state index contributed by atoms with van der Waals surface area (Å²) in [6.07, 6.45) is 1.01. The van der Waals surface area contributed by atoms with E-state index in [0.29, 0.717) is 5.25 Å². The maximum Gasteiger partial charge on any atom is 0.132 e. The fourth-order valence-corrected chi connectivity index (χ4v) is 3.40. The average molecular weight is 287 g/mol. The van der Waals surface area contributed by atoms with E-state index in [9.17, 15) is 0 Å². The van der Waals surface area contributed by atoms with Crippen LogP contribution in [0.15, 0.2) is 59.5 Å². The SMILES string of the molecule is CCC(Sc1ccccc1OC)C(N)c1ccccc1. The molecule has 3 heteroatoms. The van der Waals surface area contributed by atoms with Gasteiger partial charge in [-0.2, -0.15) is 0 Å². The quantitative estimate of drug-likeness (QED) is 0.806. The molecule has 0 radical (unpaired) electrons. The molecule has 0 heterocycles. The first-order chi connectivity index (χ1) is 9.76. The van der Waals surface area contributed by atoms with E-state index in [1.807, 2.05) is 36.4 Å². The molecule has 2 atom stereocenters. The number of hydrogen-bond acceptors (Lipinski definition) is 3. The van der Waals surface area contributed by atoms with Crippen LogP contribution < -0.4 is 10.5 Å². The summed E-state index contributed by atoms with van der Waals surface area (Å²) in [6, 6.07) is 18.4. The minimum absolute atomic E-state index is 0.0242. The first-order valence-electron chi connectivity index (χ1n) is 6.86. The molecule has 106 valence electrons. The van der Waals surface area contributed by atoms with Gasteiger partial charge < -0.3 is 10.5 Å². The Labute approximate surface area is 125 Å². The average Bonchev–Trinajstić information content (AvgIpc) is 2.53. The third-order valence-corrected chi connectivity index (χ3v) is 4.86. The molecule has 0 spiro atoms. The maximum atomic E-state index is 6.43. The maximum absolute atomic E-state index is 6.43. The number of hydrogen-bond donors (Lipinski definition) is 1. The predicted octanol–water partition coefficient (Wildman–Crippen LogP) is 4.27. The molecule has 2 aromatic carbocycles. The highest BCUT2D eigenvalue weighted by Gasteiger charge is 2.20. The Kier molecular flexibility index (Phi) is 5.50. The van der Waals surface area contributed by atoms with E-state index in [2.05, 4.69) is 25.1 Å². The van der Waals surface area contributed by atoms with Crippen molar-refractivity contribution in [2.45, 2.75) is 29.5 Å². The van der Waals surface area contributed by atoms with Gasteiger partial charge in [0.05, 0.1) is 7.11 Å². The fraction of sp³-hybridized carbons (Fsp3) is 0.294. The molecule has 0 saturated carbocycles. The largest absolute Gasteiger partial charge is 0.496 e. The van der Waals surface area contributed by atoms with Crippen LogP contribution in [-0.4, -0.2) is 12.4 Å². The summed E-state index contributed by atoms with van der Waals surface area (Å²) in [6.45, 7) is 2.18. The van der Waals surface area contributed by atoms with Crippen LogP contribution in [0.2, 0.25) is 0 Å². The van der Waals surface area contributed by atoms with Crippen molar-refractivity contribution in [2.75, 3.05) is 7.11 Å². The van der Waals surface area contributed by atoms with E-state index < -0.39 is 0 Å². The summed E-state index contributed by atoms with van der Waals surface area (Å²) >= 11 is 1.79. The van der Waals surface area contributed by atoms with E-state index in [4.69, 9.17) is 10.5 Å². The van der Waals surface area contributed by atoms with Crippen molar-refractivity contribution in [1.29, 1.82) is 0 Å². The normalized spacial score (nSPS) is 13.8. The molecule has 0 saturated heterocycles. The van der Waals surface area contributed by atoms with Crippen molar-refractivity contribution < 1.29 is 4.74 Å². The summed E-state index contributed by atoms with van der Waals surface area (Å²) in [4.78, 5) is 1.15. The second-order valence-electron chi connectivity index (χ2n) is 4.65. The van der Waals surface area contributed by atoms with Crippen molar-refractivity contribution in [3.63, 3.8) is 0 Å². The van der Waals surface area contributed by atoms with E-state index in [1.165, 1.54) is 5.56 Å². The van der Waals surface area contributed by atoms with E-state index in [0.717, 1.165) is 17.1 Å². The fourth-order valence-electron chi connectivity index (χ4n) is 2.18. The molecule has 0 aliphatic carbocycles. The lowest BCUT2D eigenvalue weighted by Crippen LogP contribution is -2.23. The summed E-state index contributed by atoms with van der Waals surface area (Å²) < 4.78 is 5.41. The Balaban J connectivity index is 2.17. The minimum Gasteiger partial charge on any atom is -0.496 e. The van der Waals surface area contributed by atoms with Gasteiger partial charge in [-0.25, -0.2) is 0 Å². The molecule has 2 N–H and O–H groups in total. The number of ether oxygens (including phenoxy) is 1. The predicted molar refractivity (Wildman–Crippen MR) is 86.3 cm³/mol. The third-order valence-electron chi connectivity index (χ3n) is 3.33. The Morgan fingerprint density at radius 2 is 1.70 bits per heavy atom. The zero-order valence-corrected chi connectivity index (χ0v) is 12.8. The Bertz CT molecular complexity index is 530. The van der Waals surface area contributed by atoms with Crippen LogP contribution in [0.5, 0.6) is 5.75 Å². The van der Waals surface area contributed by atoms with Crippen molar-refractivity contribution in [3.05, 3.63) is 60.2 Å². The van der Waals surface area contributed by atoms with E-state index >= 15 is 0 Å². The topological polar surface area (TPSA) is 35.2 Å². The highest BCUT2D eigenvalue weighted by molar-refractivity contribution is 8.00. The zero-order valence-electron chi connectivity index (χ0n) is 12.0. The molecular weight excluding hydrogens is 266 g/mol. The van der Waals surface area contributed by atoms with Crippen molar-refractivity contribution >= 4 is 11.8 Å². The smallest absolute Gasteiger partial charge is 0.132 e. The van der Waals surface area contributed by atoms with Gasteiger partial charge in [0.2, 0.25) is 0 Å². The number of para-hydroxylation sites is 1. The van der Waals surface area contributed by atoms with Gasteiger partial charge in [-0.05, 0) is 24.1 Å². The first kappa shape index (κ1) is 14.9. The molecule has 2 nitrogen and oxygen atoms in total. The standard InChI is InChI=1S/C17H21NOS/c1-3-15(17(18)13-9-5-4-6-10-13)20-16-12-8-7-11-14(16)19-2/h4-12,15,17H,3,18H2,1-2H3. The molecule has 0 aromatic heterocycles. The molecule has 0 bridgehead atoms. The second kappa shape index (κ2) is 7.36. The minimum atomic E-state index is 0.0242. The lowest BCUT2D eigenvalue weighted by atomic mass is 10.0. The lowest BCUT2D eigenvalue weighted by molar-refractivity contribution is 0.404. The van der Waals surface area contributed by atoms with Gasteiger partial charge in [0.25, 0.3) is 0 Å². The Morgan fingerprint density at radius 3 is 2.35 bits per heavy atom. The summed E-state index contributed by atoms with van der Waals surface area (Å²) in [5.74, 6) is 0.913. The van der Waals surface area contributed by atoms with Crippen LogP contribution >= 0.6 is 11.8 Å². The summed E-state index contributed by atoms with van der Waals surface area (Å²) in [5.41, 5.74) is 7.61. The van der Waals surface area contributed by atoms with Gasteiger partial charge in [-0.1, -0.05) is 49.4 Å². The van der Waals surface area contributed by atoms with Crippen molar-refractivity contribution in [1.82, 2.24) is 0 Å². The lowest BCUT2D eigenvalue weighted by Gasteiger charge is -2.23. The van der Waals surface area contributed by atoms with E-state index in [-0.39, 0.29) is 6.04 Å². The number of methoxy groups -OCH3 is 1. The molecule has 20 heavy (non-hydrogen) atoms. The zero-order chi connectivity index (χ0) is 14.4. The molecule has 0 aliphatic rings. The molecule has 0 aliphatic heterocycles. The molecule has 2 aromatic rings. The van der Waals surface area contributed by atoms with Gasteiger partial charge in [-0.15, -0.1) is 11.8 Å². The second-order valence-corrected chi connectivity index (χ2v) is 5.93. The van der Waals surface area contributed by atoms with Crippen molar-refractivity contribution in [3.8, 4) is 5.75 Å². The van der Waals surface area contributed by atoms with Crippen LogP contribution in [0, 0.1) is 0 Å². The van der Waals surface area contributed by atoms with Gasteiger partial charge in [-0.3, -0.25) is 0 Å². The van der Waals surface area contributed by atoms with Crippen LogP contribution in [-0.2, 0) is 0 Å². The third kappa shape index (κ3) is 3.56. The van der Waals surface area contributed by atoms with Crippen LogP contribution in [0.4, 0.5) is 0 Å². The molecule has 0 fully saturated rings. The molecule has 0 amide bonds. The van der Waals surface area contributed by atoms with Gasteiger partial charge in [0.15, 0.2) is 0 Å². The Hall–Kier alpha value is -1.45. The molecule has 2 rings (SSSR count). The number of nitrogens with two attached hydrogens (primary N) is 1. The van der Waals surface area contributed by atoms with Gasteiger partial charge in [0.1, 0.15) is 5.75 Å². The number of thioether (sulfide) groups is 1. The Morgan fingerprint density at radius 1 is 1.05 bits per heavy atom. The molecule has 2 unspecified atom stereocenters. The monoisotopic (exact) mass is 287 g/mol. The highest BCUT2D eigenvalue weighted by atomic mass is 32.2. The van der Waals surface area contributed by atoms with Gasteiger partial charge in [0, 0.05) is 16.2 Å². The van der Waals surface area contributed by atoms with Crippen LogP contribution in [0.25, 0.3) is 0 Å². The van der Waals surface area contributed by atoms with Gasteiger partial charge >= 0.3 is 0 Å². The van der Waals surface area contributed by atoms with E-state index in [1.54, 1.807) is 18.9 Å². The summed E-state index contributed by atoms with van der Waals surface area (Å²) in [7, 11) is 1.71. The number of rotatable bonds is 6. The molecular formula is C17H21NOS. The highest BCUT2D eigenvalue weighted by Crippen LogP contribution is 2.37. The summed E-state index contributed by atoms with van der Waals surface area (Å²) in [5, 5.41) is 0.327. The van der Waals surface area contributed by atoms with Crippen LogP contribution in [0.3, 0.4) is 0 Å². The van der Waals surface area contributed by atoms with Crippen molar-refractivity contribution in [2.24, 2.45) is 5.73 Å².